The van der Waals surface area contributed by atoms with Crippen molar-refractivity contribution in [2.45, 2.75) is 44.8 Å². The molecule has 1 fully saturated rings. The van der Waals surface area contributed by atoms with Crippen LogP contribution in [0.3, 0.4) is 0 Å². The van der Waals surface area contributed by atoms with Gasteiger partial charge in [0.15, 0.2) is 0 Å². The summed E-state index contributed by atoms with van der Waals surface area (Å²) >= 11 is 0. The maximum atomic E-state index is 13.1. The lowest BCUT2D eigenvalue weighted by Crippen LogP contribution is -2.44. The third-order valence-electron chi connectivity index (χ3n) is 5.41. The van der Waals surface area contributed by atoms with Gasteiger partial charge >= 0.3 is 0 Å². The lowest BCUT2D eigenvalue weighted by Gasteiger charge is -2.36. The zero-order valence-corrected chi connectivity index (χ0v) is 16.6. The van der Waals surface area contributed by atoms with E-state index < -0.39 is 0 Å². The van der Waals surface area contributed by atoms with Gasteiger partial charge < -0.3 is 14.3 Å². The van der Waals surface area contributed by atoms with Crippen LogP contribution in [-0.2, 0) is 13.1 Å². The fourth-order valence-corrected chi connectivity index (χ4v) is 3.83. The summed E-state index contributed by atoms with van der Waals surface area (Å²) in [7, 11) is 1.94. The molecular weight excluding hydrogens is 368 g/mol. The average molecular weight is 394 g/mol. The maximum Gasteiger partial charge on any atom is 0.255 e. The van der Waals surface area contributed by atoms with Crippen molar-refractivity contribution in [3.8, 4) is 0 Å². The minimum absolute atomic E-state index is 0.0633. The molecule has 8 heteroatoms. The number of likely N-dealkylation sites (tertiary alicyclic amines) is 1. The summed E-state index contributed by atoms with van der Waals surface area (Å²) in [6.45, 7) is 2.22. The molecule has 1 aliphatic rings. The number of hydrogen-bond acceptors (Lipinski definition) is 6. The summed E-state index contributed by atoms with van der Waals surface area (Å²) in [6.07, 6.45) is 11.2. The van der Waals surface area contributed by atoms with Crippen LogP contribution in [-0.4, -0.2) is 50.4 Å². The summed E-state index contributed by atoms with van der Waals surface area (Å²) in [5.41, 5.74) is 1.47. The van der Waals surface area contributed by atoms with Gasteiger partial charge in [0.1, 0.15) is 17.8 Å². The molecule has 0 radical (unpaired) electrons. The van der Waals surface area contributed by atoms with Crippen LogP contribution in [0.15, 0.2) is 53.6 Å². The van der Waals surface area contributed by atoms with Crippen molar-refractivity contribution < 1.29 is 9.32 Å². The Balaban J connectivity index is 1.40. The number of carbonyl (C=O) groups is 1. The fraction of sp³-hybridized carbons (Fsp3) is 0.429. The van der Waals surface area contributed by atoms with Gasteiger partial charge in [-0.25, -0.2) is 4.98 Å². The van der Waals surface area contributed by atoms with Gasteiger partial charge in [0.05, 0.1) is 12.1 Å². The summed E-state index contributed by atoms with van der Waals surface area (Å²) in [5, 5.41) is 8.19. The van der Waals surface area contributed by atoms with E-state index in [1.54, 1.807) is 18.7 Å². The van der Waals surface area contributed by atoms with Gasteiger partial charge in [-0.3, -0.25) is 9.48 Å². The van der Waals surface area contributed by atoms with Crippen LogP contribution in [0.5, 0.6) is 0 Å². The molecule has 1 amide bonds. The maximum absolute atomic E-state index is 13.1. The monoisotopic (exact) mass is 394 g/mol. The van der Waals surface area contributed by atoms with Crippen LogP contribution >= 0.6 is 0 Å². The van der Waals surface area contributed by atoms with Crippen molar-refractivity contribution in [3.63, 3.8) is 0 Å². The van der Waals surface area contributed by atoms with E-state index in [1.165, 1.54) is 0 Å². The Morgan fingerprint density at radius 1 is 1.31 bits per heavy atom. The van der Waals surface area contributed by atoms with E-state index in [-0.39, 0.29) is 11.9 Å². The van der Waals surface area contributed by atoms with Crippen LogP contribution < -0.4 is 4.90 Å². The number of rotatable bonds is 7. The van der Waals surface area contributed by atoms with E-state index >= 15 is 0 Å². The Morgan fingerprint density at radius 3 is 2.97 bits per heavy atom. The molecule has 1 atom stereocenters. The molecule has 29 heavy (non-hydrogen) atoms. The highest BCUT2D eigenvalue weighted by atomic mass is 16.5. The first-order valence-electron chi connectivity index (χ1n) is 10.1. The van der Waals surface area contributed by atoms with E-state index in [1.807, 2.05) is 52.0 Å². The third kappa shape index (κ3) is 4.64. The lowest BCUT2D eigenvalue weighted by atomic mass is 9.98. The van der Waals surface area contributed by atoms with Crippen LogP contribution in [0.2, 0.25) is 0 Å². The second-order valence-electron chi connectivity index (χ2n) is 7.46. The SMILES string of the molecule is CN(Cc1ccon1)c1ccc(C(=O)N2CCCC[C@H]2CCn2cccn2)cn1. The van der Waals surface area contributed by atoms with Crippen molar-refractivity contribution in [1.82, 2.24) is 24.8 Å². The number of pyridine rings is 1. The van der Waals surface area contributed by atoms with Gasteiger partial charge in [-0.1, -0.05) is 5.16 Å². The van der Waals surface area contributed by atoms with Gasteiger partial charge in [0, 0.05) is 50.8 Å². The van der Waals surface area contributed by atoms with E-state index in [2.05, 4.69) is 15.2 Å². The zero-order valence-electron chi connectivity index (χ0n) is 16.6. The van der Waals surface area contributed by atoms with E-state index in [0.717, 1.165) is 50.3 Å². The number of piperidine rings is 1. The molecule has 3 aromatic rings. The number of anilines is 1. The third-order valence-corrected chi connectivity index (χ3v) is 5.41. The number of carbonyl (C=O) groups excluding carboxylic acids is 1. The molecule has 1 saturated heterocycles. The number of nitrogens with zero attached hydrogens (tertiary/aromatic N) is 6. The minimum atomic E-state index is 0.0633. The minimum Gasteiger partial charge on any atom is -0.364 e. The second kappa shape index (κ2) is 8.89. The molecule has 4 heterocycles. The zero-order chi connectivity index (χ0) is 20.1. The Labute approximate surface area is 170 Å². The molecule has 1 aliphatic heterocycles. The smallest absolute Gasteiger partial charge is 0.255 e. The van der Waals surface area contributed by atoms with Gasteiger partial charge in [0.2, 0.25) is 0 Å². The molecule has 0 bridgehead atoms. The first-order chi connectivity index (χ1) is 14.2. The second-order valence-corrected chi connectivity index (χ2v) is 7.46. The van der Waals surface area contributed by atoms with Gasteiger partial charge in [-0.15, -0.1) is 0 Å². The molecule has 0 aromatic carbocycles. The molecule has 0 N–H and O–H groups in total. The van der Waals surface area contributed by atoms with Crippen molar-refractivity contribution in [1.29, 1.82) is 0 Å². The largest absolute Gasteiger partial charge is 0.364 e. The molecule has 4 rings (SSSR count). The Hall–Kier alpha value is -3.16. The molecular formula is C21H26N6O2. The Kier molecular flexibility index (Phi) is 5.88. The molecule has 0 saturated carbocycles. The van der Waals surface area contributed by atoms with E-state index in [0.29, 0.717) is 12.1 Å². The Bertz CT molecular complexity index is 892. The molecule has 0 unspecified atom stereocenters. The lowest BCUT2D eigenvalue weighted by molar-refractivity contribution is 0.0593. The summed E-state index contributed by atoms with van der Waals surface area (Å²) in [4.78, 5) is 21.6. The molecule has 3 aromatic heterocycles. The molecule has 0 spiro atoms. The highest BCUT2D eigenvalue weighted by Crippen LogP contribution is 2.23. The molecule has 0 aliphatic carbocycles. The van der Waals surface area contributed by atoms with Crippen LogP contribution in [0.1, 0.15) is 41.7 Å². The van der Waals surface area contributed by atoms with E-state index in [9.17, 15) is 4.79 Å². The quantitative estimate of drug-likeness (QED) is 0.613. The van der Waals surface area contributed by atoms with Crippen LogP contribution in [0.4, 0.5) is 5.82 Å². The highest BCUT2D eigenvalue weighted by molar-refractivity contribution is 5.94. The van der Waals surface area contributed by atoms with Crippen molar-refractivity contribution >= 4 is 11.7 Å². The fourth-order valence-electron chi connectivity index (χ4n) is 3.83. The topological polar surface area (TPSA) is 80.3 Å². The summed E-state index contributed by atoms with van der Waals surface area (Å²) < 4.78 is 6.80. The predicted octanol–water partition coefficient (Wildman–Crippen LogP) is 2.99. The Morgan fingerprint density at radius 2 is 2.24 bits per heavy atom. The van der Waals surface area contributed by atoms with Gasteiger partial charge in [-0.05, 0) is 43.9 Å². The van der Waals surface area contributed by atoms with Crippen LogP contribution in [0.25, 0.3) is 0 Å². The van der Waals surface area contributed by atoms with Crippen molar-refractivity contribution in [3.05, 3.63) is 60.4 Å². The number of aromatic nitrogens is 4. The van der Waals surface area contributed by atoms with Gasteiger partial charge in [-0.2, -0.15) is 5.10 Å². The average Bonchev–Trinajstić information content (AvgIpc) is 3.46. The van der Waals surface area contributed by atoms with Gasteiger partial charge in [0.25, 0.3) is 5.91 Å². The normalized spacial score (nSPS) is 16.7. The summed E-state index contributed by atoms with van der Waals surface area (Å²) in [5.74, 6) is 0.854. The molecule has 152 valence electrons. The van der Waals surface area contributed by atoms with Crippen LogP contribution in [0, 0.1) is 0 Å². The highest BCUT2D eigenvalue weighted by Gasteiger charge is 2.27. The first-order valence-corrected chi connectivity index (χ1v) is 10.1. The standard InChI is InChI=1S/C21H26N6O2/c1-25(16-18-9-14-29-24-18)20-7-6-17(15-22-20)21(28)27-12-3-2-5-19(27)8-13-26-11-4-10-23-26/h4,6-7,9-11,14-15,19H,2-3,5,8,12-13,16H2,1H3/t19-/m0/s1. The van der Waals surface area contributed by atoms with Crippen molar-refractivity contribution in [2.24, 2.45) is 0 Å². The first kappa shape index (κ1) is 19.2. The number of amides is 1. The molecule has 8 nitrogen and oxygen atoms in total. The van der Waals surface area contributed by atoms with E-state index in [4.69, 9.17) is 4.52 Å². The summed E-state index contributed by atoms with van der Waals surface area (Å²) in [6, 6.07) is 7.75. The predicted molar refractivity (Wildman–Crippen MR) is 108 cm³/mol. The number of aryl methyl sites for hydroxylation is 1. The number of hydrogen-bond donors (Lipinski definition) is 0. The van der Waals surface area contributed by atoms with Crippen molar-refractivity contribution in [2.75, 3.05) is 18.5 Å².